The summed E-state index contributed by atoms with van der Waals surface area (Å²) in [6, 6.07) is 15.3. The van der Waals surface area contributed by atoms with Crippen molar-refractivity contribution in [2.75, 3.05) is 40.4 Å². The molecular formula is C41H48N4O6. The Morgan fingerprint density at radius 2 is 1.18 bits per heavy atom. The van der Waals surface area contributed by atoms with Crippen molar-refractivity contribution < 1.29 is 29.0 Å². The fourth-order valence-corrected chi connectivity index (χ4v) is 7.26. The number of fused-ring (bicyclic) bond motifs is 2. The summed E-state index contributed by atoms with van der Waals surface area (Å²) in [6.07, 6.45) is 3.76. The summed E-state index contributed by atoms with van der Waals surface area (Å²) in [6.45, 7) is 12.0. The summed E-state index contributed by atoms with van der Waals surface area (Å²) in [7, 11) is 3.44. The Labute approximate surface area is 300 Å². The van der Waals surface area contributed by atoms with Crippen molar-refractivity contribution in [3.05, 3.63) is 80.9 Å². The third kappa shape index (κ3) is 7.69. The topological polar surface area (TPSA) is 144 Å². The second-order valence-electron chi connectivity index (χ2n) is 15.0. The molecule has 2 aliphatic carbocycles. The number of ether oxygens (including phenoxy) is 2. The summed E-state index contributed by atoms with van der Waals surface area (Å²) in [5.74, 6) is -0.310. The quantitative estimate of drug-likeness (QED) is 0.384. The third-order valence-corrected chi connectivity index (χ3v) is 11.1. The molecule has 1 N–H and O–H groups in total. The van der Waals surface area contributed by atoms with E-state index in [9.17, 15) is 30.0 Å². The highest BCUT2D eigenvalue weighted by molar-refractivity contribution is 6.11. The summed E-state index contributed by atoms with van der Waals surface area (Å²) < 4.78 is 11.2. The number of ketones is 3. The van der Waals surface area contributed by atoms with Crippen LogP contribution in [0.3, 0.4) is 0 Å². The lowest BCUT2D eigenvalue weighted by Crippen LogP contribution is -2.43. The molecule has 2 aromatic rings. The van der Waals surface area contributed by atoms with Crippen molar-refractivity contribution in [3.8, 4) is 12.1 Å². The zero-order chi connectivity index (χ0) is 37.3. The molecule has 268 valence electrons. The minimum absolute atomic E-state index is 0.0249. The molecule has 10 heteroatoms. The minimum atomic E-state index is -0.981. The molecular weight excluding hydrogens is 644 g/mol. The highest BCUT2D eigenvalue weighted by Crippen LogP contribution is 2.39. The maximum absolute atomic E-state index is 12.5. The van der Waals surface area contributed by atoms with Gasteiger partial charge in [-0.25, -0.2) is 0 Å². The lowest BCUT2D eigenvalue weighted by Gasteiger charge is -2.41. The van der Waals surface area contributed by atoms with Crippen molar-refractivity contribution in [1.82, 2.24) is 9.80 Å². The van der Waals surface area contributed by atoms with Crippen molar-refractivity contribution in [2.24, 2.45) is 0 Å². The van der Waals surface area contributed by atoms with Gasteiger partial charge in [0, 0.05) is 69.9 Å². The molecule has 10 nitrogen and oxygen atoms in total. The number of benzene rings is 2. The first-order valence-electron chi connectivity index (χ1n) is 17.5. The normalized spacial score (nSPS) is 19.7. The predicted molar refractivity (Wildman–Crippen MR) is 193 cm³/mol. The number of nitrogens with zero attached hydrogens (tertiary/aromatic N) is 4. The summed E-state index contributed by atoms with van der Waals surface area (Å²) in [5, 5.41) is 29.6. The van der Waals surface area contributed by atoms with Crippen LogP contribution >= 0.6 is 0 Å². The second-order valence-corrected chi connectivity index (χ2v) is 15.0. The van der Waals surface area contributed by atoms with E-state index in [0.29, 0.717) is 30.0 Å². The monoisotopic (exact) mass is 692 g/mol. The van der Waals surface area contributed by atoms with Crippen LogP contribution in [-0.2, 0) is 37.5 Å². The zero-order valence-corrected chi connectivity index (χ0v) is 30.8. The van der Waals surface area contributed by atoms with Crippen LogP contribution in [0.4, 0.5) is 0 Å². The Kier molecular flexibility index (Phi) is 10.7. The number of hydrogen-bond acceptors (Lipinski definition) is 10. The Morgan fingerprint density at radius 3 is 1.55 bits per heavy atom. The first-order chi connectivity index (χ1) is 24.1. The van der Waals surface area contributed by atoms with E-state index >= 15 is 0 Å². The van der Waals surface area contributed by atoms with Crippen LogP contribution < -0.4 is 0 Å². The molecule has 2 heterocycles. The lowest BCUT2D eigenvalue weighted by atomic mass is 9.83. The maximum Gasteiger partial charge on any atom is 0.179 e. The zero-order valence-electron chi connectivity index (χ0n) is 30.8. The number of allylic oxidation sites excluding steroid dienone is 2. The number of nitriles is 2. The van der Waals surface area contributed by atoms with E-state index in [1.807, 2.05) is 30.3 Å². The number of carbonyl (C=O) groups excluding carboxylic acids is 3. The highest BCUT2D eigenvalue weighted by atomic mass is 16.5. The molecule has 2 aromatic carbocycles. The van der Waals surface area contributed by atoms with Gasteiger partial charge in [-0.05, 0) is 89.1 Å². The Bertz CT molecular complexity index is 1890. The Balaban J connectivity index is 0.000000198. The average Bonchev–Trinajstić information content (AvgIpc) is 3.10. The molecule has 0 saturated carbocycles. The van der Waals surface area contributed by atoms with Gasteiger partial charge >= 0.3 is 0 Å². The number of aliphatic hydroxyl groups is 1. The van der Waals surface area contributed by atoms with Crippen LogP contribution in [-0.4, -0.2) is 83.9 Å². The minimum Gasteiger partial charge on any atom is -0.386 e. The number of carbonyl (C=O) groups is 3. The van der Waals surface area contributed by atoms with Crippen molar-refractivity contribution in [1.29, 1.82) is 10.5 Å². The van der Waals surface area contributed by atoms with Crippen LogP contribution in [0.1, 0.15) is 98.5 Å². The van der Waals surface area contributed by atoms with Gasteiger partial charge in [-0.1, -0.05) is 24.3 Å². The average molecular weight is 693 g/mol. The van der Waals surface area contributed by atoms with Gasteiger partial charge in [0.15, 0.2) is 17.3 Å². The molecule has 0 unspecified atom stereocenters. The van der Waals surface area contributed by atoms with Gasteiger partial charge in [0.1, 0.15) is 23.3 Å². The fourth-order valence-electron chi connectivity index (χ4n) is 7.26. The number of rotatable bonds is 6. The number of Topliss-reactive ketones (excluding diaryl/α,β-unsaturated/α-hetero) is 3. The molecule has 2 aliphatic heterocycles. The first-order valence-corrected chi connectivity index (χ1v) is 17.5. The molecule has 0 aromatic heterocycles. The second kappa shape index (κ2) is 14.6. The van der Waals surface area contributed by atoms with Crippen LogP contribution in [0.2, 0.25) is 0 Å². The maximum atomic E-state index is 12.5. The van der Waals surface area contributed by atoms with Gasteiger partial charge in [0.2, 0.25) is 0 Å². The van der Waals surface area contributed by atoms with Gasteiger partial charge in [0.25, 0.3) is 0 Å². The number of piperidine rings is 2. The standard InChI is InChI=1S/C21H26N2O3.C20H22N2O3/c1-20(2,25)15-6-5-14-11-18(24)17(13-22)19(16(14)12-15)23-9-7-21(3,26-4)8-10-23;1-13(23)14-4-5-15-11-18(24)17(12-21)19(16(15)10-14)22-8-6-20(2,25-3)7-9-22/h5-6,12,25H,7-11H2,1-4H3;4-5,10H,6-9,11H2,1-3H3. The van der Waals surface area contributed by atoms with Crippen LogP contribution in [0.5, 0.6) is 0 Å². The molecule has 0 radical (unpaired) electrons. The van der Waals surface area contributed by atoms with Crippen molar-refractivity contribution in [2.45, 2.75) is 89.9 Å². The van der Waals surface area contributed by atoms with E-state index in [1.54, 1.807) is 34.1 Å². The smallest absolute Gasteiger partial charge is 0.179 e. The lowest BCUT2D eigenvalue weighted by molar-refractivity contribution is -0.115. The Hall–Kier alpha value is -4.61. The van der Waals surface area contributed by atoms with E-state index in [4.69, 9.17) is 9.47 Å². The van der Waals surface area contributed by atoms with Gasteiger partial charge < -0.3 is 24.4 Å². The SMILES string of the molecule is COC1(C)CCN(C2=C(C#N)C(=O)Cc3ccc(C(C)(C)O)cc32)CC1.COC1(C)CCN(C2=C(C#N)C(=O)Cc3ccc(C(C)=O)cc32)CC1. The van der Waals surface area contributed by atoms with E-state index < -0.39 is 5.60 Å². The van der Waals surface area contributed by atoms with Gasteiger partial charge in [-0.3, -0.25) is 14.4 Å². The van der Waals surface area contributed by atoms with Gasteiger partial charge in [-0.2, -0.15) is 10.5 Å². The largest absolute Gasteiger partial charge is 0.386 e. The summed E-state index contributed by atoms with van der Waals surface area (Å²) >= 11 is 0. The third-order valence-electron chi connectivity index (χ3n) is 11.1. The number of methoxy groups -OCH3 is 2. The van der Waals surface area contributed by atoms with Crippen LogP contribution in [0.25, 0.3) is 11.4 Å². The highest BCUT2D eigenvalue weighted by Gasteiger charge is 2.37. The molecule has 51 heavy (non-hydrogen) atoms. The predicted octanol–water partition coefficient (Wildman–Crippen LogP) is 5.52. The molecule has 0 bridgehead atoms. The van der Waals surface area contributed by atoms with E-state index in [-0.39, 0.29) is 52.5 Å². The Morgan fingerprint density at radius 1 is 0.765 bits per heavy atom. The van der Waals surface area contributed by atoms with Crippen molar-refractivity contribution in [3.63, 3.8) is 0 Å². The van der Waals surface area contributed by atoms with Crippen LogP contribution in [0.15, 0.2) is 47.5 Å². The summed E-state index contributed by atoms with van der Waals surface area (Å²) in [5.41, 5.74) is 5.39. The van der Waals surface area contributed by atoms with E-state index in [1.165, 1.54) is 6.92 Å². The van der Waals surface area contributed by atoms with E-state index in [0.717, 1.165) is 66.6 Å². The van der Waals surface area contributed by atoms with Crippen LogP contribution in [0, 0.1) is 22.7 Å². The molecule has 4 aliphatic rings. The molecule has 2 fully saturated rings. The molecule has 0 spiro atoms. The molecule has 0 amide bonds. The molecule has 0 atom stereocenters. The van der Waals surface area contributed by atoms with Gasteiger partial charge in [-0.15, -0.1) is 0 Å². The van der Waals surface area contributed by atoms with Crippen molar-refractivity contribution >= 4 is 28.7 Å². The number of hydrogen-bond donors (Lipinski definition) is 1. The first kappa shape index (κ1) is 37.6. The van der Waals surface area contributed by atoms with E-state index in [2.05, 4.69) is 35.8 Å². The molecule has 6 rings (SSSR count). The molecule has 2 saturated heterocycles. The summed E-state index contributed by atoms with van der Waals surface area (Å²) in [4.78, 5) is 41.0. The number of likely N-dealkylation sites (tertiary alicyclic amines) is 2. The fraction of sp³-hybridized carbons (Fsp3) is 0.488. The van der Waals surface area contributed by atoms with Gasteiger partial charge in [0.05, 0.1) is 28.2 Å².